The number of hydrogen-bond donors (Lipinski definition) is 4. The van der Waals surface area contributed by atoms with Crippen molar-refractivity contribution in [3.05, 3.63) is 35.4 Å². The van der Waals surface area contributed by atoms with Gasteiger partial charge in [0.05, 0.1) is 0 Å². The summed E-state index contributed by atoms with van der Waals surface area (Å²) >= 11 is 0. The maximum absolute atomic E-state index is 12.1. The van der Waals surface area contributed by atoms with Crippen LogP contribution in [0.15, 0.2) is 24.3 Å². The molecule has 0 aliphatic carbocycles. The Hall–Kier alpha value is -2.77. The van der Waals surface area contributed by atoms with E-state index in [4.69, 9.17) is 9.84 Å². The van der Waals surface area contributed by atoms with Gasteiger partial charge in [0.25, 0.3) is 5.91 Å². The molecule has 0 aliphatic heterocycles. The Kier molecular flexibility index (Phi) is 9.12. The quantitative estimate of drug-likeness (QED) is 0.492. The van der Waals surface area contributed by atoms with Crippen molar-refractivity contribution in [1.82, 2.24) is 16.0 Å². The second-order valence-corrected chi connectivity index (χ2v) is 7.07. The van der Waals surface area contributed by atoms with E-state index in [0.29, 0.717) is 18.7 Å². The van der Waals surface area contributed by atoms with E-state index < -0.39 is 17.8 Å². The number of carbonyl (C=O) groups is 3. The third-order valence-electron chi connectivity index (χ3n) is 3.46. The number of ether oxygens (including phenoxy) is 1. The average Bonchev–Trinajstić information content (AvgIpc) is 2.57. The van der Waals surface area contributed by atoms with Crippen molar-refractivity contribution in [3.8, 4) is 0 Å². The van der Waals surface area contributed by atoms with Gasteiger partial charge in [-0.15, -0.1) is 0 Å². The van der Waals surface area contributed by atoms with E-state index in [1.165, 1.54) is 0 Å². The zero-order chi connectivity index (χ0) is 20.3. The molecule has 8 heteroatoms. The predicted octanol–water partition coefficient (Wildman–Crippen LogP) is 2.53. The van der Waals surface area contributed by atoms with Crippen molar-refractivity contribution in [2.24, 2.45) is 0 Å². The summed E-state index contributed by atoms with van der Waals surface area (Å²) < 4.78 is 5.11. The monoisotopic (exact) mass is 379 g/mol. The first-order valence-corrected chi connectivity index (χ1v) is 8.98. The normalized spacial score (nSPS) is 10.8. The molecule has 0 atom stereocenters. The van der Waals surface area contributed by atoms with Crippen LogP contribution in [0.4, 0.5) is 9.59 Å². The van der Waals surface area contributed by atoms with Gasteiger partial charge in [0.2, 0.25) is 0 Å². The second-order valence-electron chi connectivity index (χ2n) is 7.07. The number of benzene rings is 1. The second kappa shape index (κ2) is 11.1. The fourth-order valence-electron chi connectivity index (χ4n) is 2.23. The first-order chi connectivity index (χ1) is 12.7. The lowest BCUT2D eigenvalue weighted by molar-refractivity contribution is 0.0526. The molecule has 27 heavy (non-hydrogen) atoms. The summed E-state index contributed by atoms with van der Waals surface area (Å²) in [4.78, 5) is 33.9. The predicted molar refractivity (Wildman–Crippen MR) is 102 cm³/mol. The summed E-state index contributed by atoms with van der Waals surface area (Å²) in [5, 5.41) is 16.1. The van der Waals surface area contributed by atoms with Crippen molar-refractivity contribution < 1.29 is 24.2 Å². The minimum Gasteiger partial charge on any atom is -0.465 e. The van der Waals surface area contributed by atoms with Gasteiger partial charge in [-0.1, -0.05) is 12.1 Å². The molecule has 0 spiro atoms. The Balaban J connectivity index is 2.25. The lowest BCUT2D eigenvalue weighted by Crippen LogP contribution is -2.37. The number of nitrogens with one attached hydrogen (secondary N) is 3. The maximum Gasteiger partial charge on any atom is 0.407 e. The van der Waals surface area contributed by atoms with Crippen LogP contribution in [0.2, 0.25) is 0 Å². The summed E-state index contributed by atoms with van der Waals surface area (Å²) in [5.74, 6) is -0.210. The van der Waals surface area contributed by atoms with E-state index >= 15 is 0 Å². The van der Waals surface area contributed by atoms with E-state index in [-0.39, 0.29) is 12.5 Å². The summed E-state index contributed by atoms with van der Waals surface area (Å²) in [6, 6.07) is 7.28. The van der Waals surface area contributed by atoms with Crippen LogP contribution >= 0.6 is 0 Å². The molecule has 0 aromatic heterocycles. The molecule has 0 bridgehead atoms. The molecular weight excluding hydrogens is 350 g/mol. The highest BCUT2D eigenvalue weighted by molar-refractivity contribution is 5.94. The van der Waals surface area contributed by atoms with Crippen molar-refractivity contribution in [2.45, 2.75) is 45.6 Å². The topological polar surface area (TPSA) is 117 Å². The molecule has 4 N–H and O–H groups in total. The third kappa shape index (κ3) is 10.7. The van der Waals surface area contributed by atoms with Gasteiger partial charge in [-0.2, -0.15) is 0 Å². The SMILES string of the molecule is CC(C)(C)OC(=O)NCCNC(=O)c1ccc(CCCCNC(=O)O)cc1. The molecule has 0 fully saturated rings. The summed E-state index contributed by atoms with van der Waals surface area (Å²) in [7, 11) is 0. The zero-order valence-electron chi connectivity index (χ0n) is 16.1. The minimum atomic E-state index is -1.01. The Labute approximate surface area is 159 Å². The molecule has 0 saturated heterocycles. The van der Waals surface area contributed by atoms with E-state index in [0.717, 1.165) is 24.8 Å². The van der Waals surface area contributed by atoms with Gasteiger partial charge >= 0.3 is 12.2 Å². The van der Waals surface area contributed by atoms with Crippen LogP contribution in [-0.4, -0.2) is 48.4 Å². The van der Waals surface area contributed by atoms with Crippen molar-refractivity contribution in [1.29, 1.82) is 0 Å². The highest BCUT2D eigenvalue weighted by atomic mass is 16.6. The van der Waals surface area contributed by atoms with E-state index in [2.05, 4.69) is 16.0 Å². The molecule has 1 aromatic carbocycles. The van der Waals surface area contributed by atoms with Crippen molar-refractivity contribution in [2.75, 3.05) is 19.6 Å². The van der Waals surface area contributed by atoms with Crippen LogP contribution in [0.1, 0.15) is 49.5 Å². The van der Waals surface area contributed by atoms with Gasteiger partial charge in [-0.05, 0) is 57.7 Å². The van der Waals surface area contributed by atoms with Gasteiger partial charge < -0.3 is 25.8 Å². The maximum atomic E-state index is 12.1. The molecule has 150 valence electrons. The molecule has 0 saturated carbocycles. The molecule has 3 amide bonds. The number of hydrogen-bond acceptors (Lipinski definition) is 4. The Bertz CT molecular complexity index is 623. The molecule has 1 rings (SSSR count). The Morgan fingerprint density at radius 1 is 0.926 bits per heavy atom. The smallest absolute Gasteiger partial charge is 0.407 e. The van der Waals surface area contributed by atoms with Gasteiger partial charge in [0, 0.05) is 25.2 Å². The highest BCUT2D eigenvalue weighted by Gasteiger charge is 2.15. The molecule has 0 unspecified atom stereocenters. The Morgan fingerprint density at radius 2 is 1.56 bits per heavy atom. The molecule has 1 aromatic rings. The molecular formula is C19H29N3O5. The number of carbonyl (C=O) groups excluding carboxylic acids is 2. The number of aryl methyl sites for hydroxylation is 1. The molecule has 0 heterocycles. The van der Waals surface area contributed by atoms with Crippen molar-refractivity contribution in [3.63, 3.8) is 0 Å². The van der Waals surface area contributed by atoms with Crippen LogP contribution in [0.3, 0.4) is 0 Å². The van der Waals surface area contributed by atoms with Crippen LogP contribution in [0, 0.1) is 0 Å². The van der Waals surface area contributed by atoms with Gasteiger partial charge in [-0.3, -0.25) is 4.79 Å². The van der Waals surface area contributed by atoms with Crippen LogP contribution in [-0.2, 0) is 11.2 Å². The van der Waals surface area contributed by atoms with Crippen molar-refractivity contribution >= 4 is 18.1 Å². The fraction of sp³-hybridized carbons (Fsp3) is 0.526. The zero-order valence-corrected chi connectivity index (χ0v) is 16.1. The molecule has 0 radical (unpaired) electrons. The largest absolute Gasteiger partial charge is 0.465 e. The van der Waals surface area contributed by atoms with Gasteiger partial charge in [0.1, 0.15) is 5.60 Å². The number of carboxylic acid groups (broad SMARTS) is 1. The van der Waals surface area contributed by atoms with Crippen LogP contribution < -0.4 is 16.0 Å². The number of alkyl carbamates (subject to hydrolysis) is 1. The fourth-order valence-corrected chi connectivity index (χ4v) is 2.23. The number of amides is 3. The summed E-state index contributed by atoms with van der Waals surface area (Å²) in [6.07, 6.45) is 0.927. The molecule has 0 aliphatic rings. The van der Waals surface area contributed by atoms with Gasteiger partial charge in [-0.25, -0.2) is 9.59 Å². The highest BCUT2D eigenvalue weighted by Crippen LogP contribution is 2.08. The molecule has 8 nitrogen and oxygen atoms in total. The minimum absolute atomic E-state index is 0.210. The average molecular weight is 379 g/mol. The van der Waals surface area contributed by atoms with Gasteiger partial charge in [0.15, 0.2) is 0 Å². The van der Waals surface area contributed by atoms with Crippen LogP contribution in [0.5, 0.6) is 0 Å². The number of rotatable bonds is 9. The summed E-state index contributed by atoms with van der Waals surface area (Å²) in [5.41, 5.74) is 1.08. The third-order valence-corrected chi connectivity index (χ3v) is 3.46. The standard InChI is InChI=1S/C19H29N3O5/c1-19(2,3)27-18(26)22-13-12-20-16(23)15-9-7-14(8-10-15)6-4-5-11-21-17(24)25/h7-10,21H,4-6,11-13H2,1-3H3,(H,20,23)(H,22,26)(H,24,25). The van der Waals surface area contributed by atoms with E-state index in [9.17, 15) is 14.4 Å². The van der Waals surface area contributed by atoms with E-state index in [1.54, 1.807) is 32.9 Å². The first-order valence-electron chi connectivity index (χ1n) is 8.98. The lowest BCUT2D eigenvalue weighted by atomic mass is 10.1. The van der Waals surface area contributed by atoms with E-state index in [1.807, 2.05) is 12.1 Å². The first kappa shape index (κ1) is 22.3. The van der Waals surface area contributed by atoms with Crippen LogP contribution in [0.25, 0.3) is 0 Å². The number of unbranched alkanes of at least 4 members (excludes halogenated alkanes) is 1. The lowest BCUT2D eigenvalue weighted by Gasteiger charge is -2.19. The Morgan fingerprint density at radius 3 is 2.15 bits per heavy atom. The summed E-state index contributed by atoms with van der Waals surface area (Å²) in [6.45, 7) is 6.37.